The van der Waals surface area contributed by atoms with Crippen LogP contribution in [0.15, 0.2) is 29.2 Å². The van der Waals surface area contributed by atoms with Crippen molar-refractivity contribution in [1.82, 2.24) is 5.32 Å². The molecule has 88 valence electrons. The highest BCUT2D eigenvalue weighted by molar-refractivity contribution is 7.80. The molecule has 0 aliphatic carbocycles. The third-order valence-corrected chi connectivity index (χ3v) is 2.93. The Morgan fingerprint density at radius 3 is 2.44 bits per heavy atom. The standard InChI is InChI=1S/C12H17NO2S/c1-8(7-14)9(2)13-12(15)10-3-5-11(16)6-4-10/h3-6,8-9,14,16H,7H2,1-2H3,(H,13,15). The van der Waals surface area contributed by atoms with Gasteiger partial charge in [0.15, 0.2) is 0 Å². The summed E-state index contributed by atoms with van der Waals surface area (Å²) >= 11 is 4.15. The molecule has 2 unspecified atom stereocenters. The maximum absolute atomic E-state index is 11.8. The second-order valence-electron chi connectivity index (χ2n) is 3.97. The fraction of sp³-hybridized carbons (Fsp3) is 0.417. The molecule has 0 saturated carbocycles. The number of rotatable bonds is 4. The molecule has 0 spiro atoms. The minimum absolute atomic E-state index is 0.0480. The molecule has 1 aromatic rings. The summed E-state index contributed by atoms with van der Waals surface area (Å²) in [6.07, 6.45) is 0. The Labute approximate surface area is 101 Å². The van der Waals surface area contributed by atoms with E-state index in [9.17, 15) is 4.79 Å². The van der Waals surface area contributed by atoms with Crippen LogP contribution >= 0.6 is 12.6 Å². The molecule has 1 rings (SSSR count). The normalized spacial score (nSPS) is 14.2. The van der Waals surface area contributed by atoms with Crippen molar-refractivity contribution in [2.75, 3.05) is 6.61 Å². The number of amides is 1. The quantitative estimate of drug-likeness (QED) is 0.701. The van der Waals surface area contributed by atoms with Crippen LogP contribution in [0.1, 0.15) is 24.2 Å². The topological polar surface area (TPSA) is 49.3 Å². The highest BCUT2D eigenvalue weighted by Gasteiger charge is 2.14. The zero-order chi connectivity index (χ0) is 12.1. The molecule has 4 heteroatoms. The monoisotopic (exact) mass is 239 g/mol. The van der Waals surface area contributed by atoms with Gasteiger partial charge in [-0.1, -0.05) is 6.92 Å². The van der Waals surface area contributed by atoms with Crippen molar-refractivity contribution in [3.05, 3.63) is 29.8 Å². The van der Waals surface area contributed by atoms with Gasteiger partial charge in [0, 0.05) is 23.1 Å². The minimum Gasteiger partial charge on any atom is -0.396 e. The number of aliphatic hydroxyl groups is 1. The molecule has 2 N–H and O–H groups in total. The van der Waals surface area contributed by atoms with E-state index in [1.807, 2.05) is 13.8 Å². The second-order valence-corrected chi connectivity index (χ2v) is 4.49. The Morgan fingerprint density at radius 1 is 1.38 bits per heavy atom. The molecule has 0 aromatic heterocycles. The van der Waals surface area contributed by atoms with Crippen molar-refractivity contribution >= 4 is 18.5 Å². The lowest BCUT2D eigenvalue weighted by Crippen LogP contribution is -2.38. The molecule has 2 atom stereocenters. The first-order valence-corrected chi connectivity index (χ1v) is 5.70. The number of hydrogen-bond donors (Lipinski definition) is 3. The van der Waals surface area contributed by atoms with Crippen LogP contribution < -0.4 is 5.32 Å². The van der Waals surface area contributed by atoms with Crippen LogP contribution in [0.5, 0.6) is 0 Å². The number of benzene rings is 1. The van der Waals surface area contributed by atoms with E-state index in [1.54, 1.807) is 24.3 Å². The van der Waals surface area contributed by atoms with Gasteiger partial charge in [-0.2, -0.15) is 0 Å². The van der Waals surface area contributed by atoms with Gasteiger partial charge in [-0.15, -0.1) is 12.6 Å². The summed E-state index contributed by atoms with van der Waals surface area (Å²) < 4.78 is 0. The Kier molecular flexibility index (Phi) is 4.83. The number of carbonyl (C=O) groups is 1. The number of hydrogen-bond acceptors (Lipinski definition) is 3. The van der Waals surface area contributed by atoms with Crippen molar-refractivity contribution in [3.8, 4) is 0 Å². The van der Waals surface area contributed by atoms with Gasteiger partial charge < -0.3 is 10.4 Å². The smallest absolute Gasteiger partial charge is 0.251 e. The van der Waals surface area contributed by atoms with E-state index in [0.717, 1.165) is 4.90 Å². The summed E-state index contributed by atoms with van der Waals surface area (Å²) in [4.78, 5) is 12.6. The SMILES string of the molecule is CC(CO)C(C)NC(=O)c1ccc(S)cc1. The number of thiol groups is 1. The zero-order valence-electron chi connectivity index (χ0n) is 9.47. The lowest BCUT2D eigenvalue weighted by molar-refractivity contribution is 0.0916. The highest BCUT2D eigenvalue weighted by atomic mass is 32.1. The van der Waals surface area contributed by atoms with Crippen molar-refractivity contribution in [2.45, 2.75) is 24.8 Å². The molecular weight excluding hydrogens is 222 g/mol. The largest absolute Gasteiger partial charge is 0.396 e. The van der Waals surface area contributed by atoms with Gasteiger partial charge in [0.25, 0.3) is 5.91 Å². The fourth-order valence-corrected chi connectivity index (χ4v) is 1.35. The van der Waals surface area contributed by atoms with Crippen molar-refractivity contribution in [1.29, 1.82) is 0 Å². The second kappa shape index (κ2) is 5.92. The first-order valence-electron chi connectivity index (χ1n) is 5.25. The van der Waals surface area contributed by atoms with Crippen LogP contribution in [0.25, 0.3) is 0 Å². The lowest BCUT2D eigenvalue weighted by Gasteiger charge is -2.19. The van der Waals surface area contributed by atoms with E-state index in [-0.39, 0.29) is 24.5 Å². The minimum atomic E-state index is -0.124. The summed E-state index contributed by atoms with van der Waals surface area (Å²) in [7, 11) is 0. The molecule has 0 aliphatic heterocycles. The van der Waals surface area contributed by atoms with Gasteiger partial charge in [0.05, 0.1) is 0 Å². The molecule has 0 radical (unpaired) electrons. The Morgan fingerprint density at radius 2 is 1.94 bits per heavy atom. The molecule has 0 heterocycles. The number of aliphatic hydroxyl groups excluding tert-OH is 1. The van der Waals surface area contributed by atoms with Crippen LogP contribution in [-0.4, -0.2) is 23.7 Å². The average molecular weight is 239 g/mol. The number of nitrogens with one attached hydrogen (secondary N) is 1. The Balaban J connectivity index is 2.62. The predicted octanol–water partition coefficient (Wildman–Crippen LogP) is 1.72. The summed E-state index contributed by atoms with van der Waals surface area (Å²) in [6.45, 7) is 3.84. The average Bonchev–Trinajstić information content (AvgIpc) is 2.28. The van der Waals surface area contributed by atoms with E-state index in [4.69, 9.17) is 5.11 Å². The van der Waals surface area contributed by atoms with Crippen LogP contribution in [0.2, 0.25) is 0 Å². The molecule has 0 fully saturated rings. The Bertz CT molecular complexity index is 351. The molecule has 3 nitrogen and oxygen atoms in total. The lowest BCUT2D eigenvalue weighted by atomic mass is 10.0. The molecule has 0 bridgehead atoms. The molecule has 1 aromatic carbocycles. The van der Waals surface area contributed by atoms with Crippen LogP contribution in [0.3, 0.4) is 0 Å². The number of carbonyl (C=O) groups excluding carboxylic acids is 1. The van der Waals surface area contributed by atoms with Crippen molar-refractivity contribution < 1.29 is 9.90 Å². The van der Waals surface area contributed by atoms with E-state index in [0.29, 0.717) is 5.56 Å². The zero-order valence-corrected chi connectivity index (χ0v) is 10.4. The molecular formula is C12H17NO2S. The first-order chi connectivity index (χ1) is 7.54. The van der Waals surface area contributed by atoms with Crippen LogP contribution in [0, 0.1) is 5.92 Å². The molecule has 1 amide bonds. The first kappa shape index (κ1) is 13.1. The van der Waals surface area contributed by atoms with Gasteiger partial charge in [0.2, 0.25) is 0 Å². The van der Waals surface area contributed by atoms with E-state index >= 15 is 0 Å². The van der Waals surface area contributed by atoms with E-state index in [2.05, 4.69) is 17.9 Å². The van der Waals surface area contributed by atoms with E-state index in [1.165, 1.54) is 0 Å². The van der Waals surface area contributed by atoms with Gasteiger partial charge >= 0.3 is 0 Å². The summed E-state index contributed by atoms with van der Waals surface area (Å²) in [5.74, 6) is -0.0748. The van der Waals surface area contributed by atoms with E-state index < -0.39 is 0 Å². The van der Waals surface area contributed by atoms with Gasteiger partial charge in [0.1, 0.15) is 0 Å². The third-order valence-electron chi connectivity index (χ3n) is 2.63. The maximum atomic E-state index is 11.8. The molecule has 16 heavy (non-hydrogen) atoms. The third kappa shape index (κ3) is 3.54. The summed E-state index contributed by atoms with van der Waals surface area (Å²) in [5.41, 5.74) is 0.606. The maximum Gasteiger partial charge on any atom is 0.251 e. The highest BCUT2D eigenvalue weighted by Crippen LogP contribution is 2.09. The molecule has 0 aliphatic rings. The fourth-order valence-electron chi connectivity index (χ4n) is 1.20. The van der Waals surface area contributed by atoms with Gasteiger partial charge in [-0.05, 0) is 37.1 Å². The van der Waals surface area contributed by atoms with Gasteiger partial charge in [-0.3, -0.25) is 4.79 Å². The molecule has 0 saturated heterocycles. The van der Waals surface area contributed by atoms with Crippen LogP contribution in [0.4, 0.5) is 0 Å². The van der Waals surface area contributed by atoms with Gasteiger partial charge in [-0.25, -0.2) is 0 Å². The predicted molar refractivity (Wildman–Crippen MR) is 66.9 cm³/mol. The van der Waals surface area contributed by atoms with Crippen molar-refractivity contribution in [3.63, 3.8) is 0 Å². The summed E-state index contributed by atoms with van der Waals surface area (Å²) in [5, 5.41) is 11.8. The van der Waals surface area contributed by atoms with Crippen molar-refractivity contribution in [2.24, 2.45) is 5.92 Å². The van der Waals surface area contributed by atoms with Crippen LogP contribution in [-0.2, 0) is 0 Å². The Hall–Kier alpha value is -1.00. The summed E-state index contributed by atoms with van der Waals surface area (Å²) in [6, 6.07) is 6.96.